The normalized spacial score (nSPS) is 18.0. The Balaban J connectivity index is 2.19. The lowest BCUT2D eigenvalue weighted by Crippen LogP contribution is -2.39. The molecule has 0 unspecified atom stereocenters. The van der Waals surface area contributed by atoms with E-state index >= 15 is 0 Å². The van der Waals surface area contributed by atoms with Crippen molar-refractivity contribution in [3.8, 4) is 0 Å². The third-order valence-electron chi connectivity index (χ3n) is 4.55. The highest BCUT2D eigenvalue weighted by molar-refractivity contribution is 5.79. The van der Waals surface area contributed by atoms with E-state index in [0.717, 1.165) is 37.4 Å². The number of nitrogens with zero attached hydrogens (tertiary/aromatic N) is 2. The van der Waals surface area contributed by atoms with Crippen molar-refractivity contribution in [2.45, 2.75) is 59.8 Å². The molecule has 22 heavy (non-hydrogen) atoms. The summed E-state index contributed by atoms with van der Waals surface area (Å²) in [5.41, 5.74) is 0. The molecule has 0 aromatic carbocycles. The lowest BCUT2D eigenvalue weighted by atomic mass is 9.93. The van der Waals surface area contributed by atoms with Crippen LogP contribution in [0.4, 0.5) is 0 Å². The predicted octanol–water partition coefficient (Wildman–Crippen LogP) is 3.10. The van der Waals surface area contributed by atoms with Gasteiger partial charge in [-0.1, -0.05) is 20.8 Å². The maximum absolute atomic E-state index is 4.68. The largest absolute Gasteiger partial charge is 0.357 e. The number of likely N-dealkylation sites (tertiary alicyclic amines) is 1. The molecule has 0 amide bonds. The van der Waals surface area contributed by atoms with Crippen LogP contribution in [0.5, 0.6) is 0 Å². The van der Waals surface area contributed by atoms with E-state index in [1.807, 2.05) is 0 Å². The van der Waals surface area contributed by atoms with E-state index in [1.165, 1.54) is 51.7 Å². The molecule has 1 aliphatic heterocycles. The molecule has 1 saturated heterocycles. The zero-order valence-electron chi connectivity index (χ0n) is 15.3. The highest BCUT2D eigenvalue weighted by Gasteiger charge is 2.17. The second-order valence-electron chi connectivity index (χ2n) is 6.89. The maximum atomic E-state index is 4.68. The molecule has 130 valence electrons. The first-order valence-corrected chi connectivity index (χ1v) is 9.40. The van der Waals surface area contributed by atoms with E-state index in [-0.39, 0.29) is 0 Å². The van der Waals surface area contributed by atoms with Gasteiger partial charge in [-0.05, 0) is 70.5 Å². The molecule has 2 N–H and O–H groups in total. The van der Waals surface area contributed by atoms with Crippen LogP contribution < -0.4 is 10.6 Å². The van der Waals surface area contributed by atoms with Crippen molar-refractivity contribution >= 4 is 5.96 Å². The molecule has 1 aliphatic rings. The minimum absolute atomic E-state index is 0.778. The first kappa shape index (κ1) is 19.3. The van der Waals surface area contributed by atoms with Crippen LogP contribution in [0.3, 0.4) is 0 Å². The average molecular weight is 311 g/mol. The van der Waals surface area contributed by atoms with Crippen LogP contribution in [-0.4, -0.2) is 50.1 Å². The topological polar surface area (TPSA) is 39.7 Å². The summed E-state index contributed by atoms with van der Waals surface area (Å²) in [7, 11) is 0. The van der Waals surface area contributed by atoms with Gasteiger partial charge in [-0.2, -0.15) is 0 Å². The Morgan fingerprint density at radius 2 is 1.91 bits per heavy atom. The van der Waals surface area contributed by atoms with Gasteiger partial charge >= 0.3 is 0 Å². The summed E-state index contributed by atoms with van der Waals surface area (Å²) in [4.78, 5) is 7.24. The summed E-state index contributed by atoms with van der Waals surface area (Å²) >= 11 is 0. The second-order valence-corrected chi connectivity index (χ2v) is 6.89. The average Bonchev–Trinajstić information content (AvgIpc) is 2.52. The van der Waals surface area contributed by atoms with Gasteiger partial charge in [-0.15, -0.1) is 0 Å². The zero-order chi connectivity index (χ0) is 16.2. The monoisotopic (exact) mass is 310 g/mol. The van der Waals surface area contributed by atoms with Crippen LogP contribution >= 0.6 is 0 Å². The lowest BCUT2D eigenvalue weighted by molar-refractivity contribution is 0.187. The highest BCUT2D eigenvalue weighted by Crippen LogP contribution is 2.19. The van der Waals surface area contributed by atoms with Gasteiger partial charge < -0.3 is 15.5 Å². The van der Waals surface area contributed by atoms with E-state index in [1.54, 1.807) is 0 Å². The minimum Gasteiger partial charge on any atom is -0.357 e. The Morgan fingerprint density at radius 3 is 2.50 bits per heavy atom. The van der Waals surface area contributed by atoms with Gasteiger partial charge in [0.15, 0.2) is 5.96 Å². The molecular weight excluding hydrogens is 272 g/mol. The van der Waals surface area contributed by atoms with Crippen molar-refractivity contribution in [1.82, 2.24) is 15.5 Å². The number of hydrogen-bond donors (Lipinski definition) is 2. The van der Waals surface area contributed by atoms with Gasteiger partial charge in [0.2, 0.25) is 0 Å². The van der Waals surface area contributed by atoms with Gasteiger partial charge in [0.05, 0.1) is 0 Å². The summed E-state index contributed by atoms with van der Waals surface area (Å²) < 4.78 is 0. The molecule has 0 aromatic heterocycles. The molecule has 0 spiro atoms. The van der Waals surface area contributed by atoms with E-state index in [2.05, 4.69) is 48.2 Å². The summed E-state index contributed by atoms with van der Waals surface area (Å²) in [5, 5.41) is 6.86. The fourth-order valence-electron chi connectivity index (χ4n) is 3.02. The van der Waals surface area contributed by atoms with Gasteiger partial charge in [0.1, 0.15) is 0 Å². The molecule has 0 atom stereocenters. The van der Waals surface area contributed by atoms with Crippen LogP contribution in [0.15, 0.2) is 4.99 Å². The highest BCUT2D eigenvalue weighted by atomic mass is 15.2. The molecule has 0 aromatic rings. The molecule has 0 aliphatic carbocycles. The van der Waals surface area contributed by atoms with Crippen LogP contribution in [-0.2, 0) is 0 Å². The van der Waals surface area contributed by atoms with E-state index < -0.39 is 0 Å². The van der Waals surface area contributed by atoms with Crippen LogP contribution in [0.1, 0.15) is 59.8 Å². The Labute approximate surface area is 138 Å². The van der Waals surface area contributed by atoms with Crippen molar-refractivity contribution in [2.24, 2.45) is 16.8 Å². The summed E-state index contributed by atoms with van der Waals surface area (Å²) in [6.07, 6.45) is 6.44. The Hall–Kier alpha value is -0.770. The number of guanidine groups is 1. The number of hydrogen-bond acceptors (Lipinski definition) is 2. The molecule has 1 heterocycles. The SMILES string of the molecule is CCNC(=NCCCC(C)C)NCCC1CCN(CC)CC1. The number of aliphatic imine (C=N–C) groups is 1. The number of piperidine rings is 1. The smallest absolute Gasteiger partial charge is 0.191 e. The Kier molecular flexibility index (Phi) is 10.3. The van der Waals surface area contributed by atoms with E-state index in [9.17, 15) is 0 Å². The fraction of sp³-hybridized carbons (Fsp3) is 0.944. The number of nitrogens with one attached hydrogen (secondary N) is 2. The van der Waals surface area contributed by atoms with Crippen molar-refractivity contribution < 1.29 is 0 Å². The summed E-state index contributed by atoms with van der Waals surface area (Å²) in [5.74, 6) is 2.66. The quantitative estimate of drug-likeness (QED) is 0.390. The van der Waals surface area contributed by atoms with Gasteiger partial charge in [-0.25, -0.2) is 0 Å². The summed E-state index contributed by atoms with van der Waals surface area (Å²) in [6.45, 7) is 15.6. The fourth-order valence-corrected chi connectivity index (χ4v) is 3.02. The number of rotatable bonds is 9. The second kappa shape index (κ2) is 11.8. The molecule has 4 nitrogen and oxygen atoms in total. The Bertz CT molecular complexity index is 293. The minimum atomic E-state index is 0.778. The standard InChI is InChI=1S/C18H38N4/c1-5-19-18(20-12-7-8-16(3)4)21-13-9-17-10-14-22(6-2)15-11-17/h16-17H,5-15H2,1-4H3,(H2,19,20,21). The van der Waals surface area contributed by atoms with Crippen LogP contribution in [0.2, 0.25) is 0 Å². The molecule has 4 heteroatoms. The molecule has 0 bridgehead atoms. The van der Waals surface area contributed by atoms with Gasteiger partial charge in [-0.3, -0.25) is 4.99 Å². The lowest BCUT2D eigenvalue weighted by Gasteiger charge is -2.31. The third-order valence-corrected chi connectivity index (χ3v) is 4.55. The van der Waals surface area contributed by atoms with E-state index in [0.29, 0.717) is 0 Å². The first-order valence-electron chi connectivity index (χ1n) is 9.40. The van der Waals surface area contributed by atoms with Crippen LogP contribution in [0, 0.1) is 11.8 Å². The van der Waals surface area contributed by atoms with Gasteiger partial charge in [0.25, 0.3) is 0 Å². The van der Waals surface area contributed by atoms with Crippen molar-refractivity contribution in [3.63, 3.8) is 0 Å². The Morgan fingerprint density at radius 1 is 1.18 bits per heavy atom. The molecule has 0 radical (unpaired) electrons. The maximum Gasteiger partial charge on any atom is 0.191 e. The molecule has 1 rings (SSSR count). The third kappa shape index (κ3) is 8.62. The predicted molar refractivity (Wildman–Crippen MR) is 97.5 cm³/mol. The summed E-state index contributed by atoms with van der Waals surface area (Å²) in [6, 6.07) is 0. The van der Waals surface area contributed by atoms with Crippen LogP contribution in [0.25, 0.3) is 0 Å². The van der Waals surface area contributed by atoms with Crippen molar-refractivity contribution in [2.75, 3.05) is 39.3 Å². The zero-order valence-corrected chi connectivity index (χ0v) is 15.3. The first-order chi connectivity index (χ1) is 10.7. The molecule has 0 saturated carbocycles. The van der Waals surface area contributed by atoms with Crippen molar-refractivity contribution in [1.29, 1.82) is 0 Å². The van der Waals surface area contributed by atoms with Crippen molar-refractivity contribution in [3.05, 3.63) is 0 Å². The van der Waals surface area contributed by atoms with E-state index in [4.69, 9.17) is 0 Å². The molecular formula is C18H38N4. The van der Waals surface area contributed by atoms with Gasteiger partial charge in [0, 0.05) is 19.6 Å². The molecule has 1 fully saturated rings.